The monoisotopic (exact) mass is 264 g/mol. The Balaban J connectivity index is 1.90. The number of hydrogen-bond acceptors (Lipinski definition) is 3. The molecule has 2 aliphatic rings. The molecule has 4 unspecified atom stereocenters. The van der Waals surface area contributed by atoms with E-state index in [-0.39, 0.29) is 17.8 Å². The van der Waals surface area contributed by atoms with Crippen LogP contribution in [0.2, 0.25) is 0 Å². The molecule has 1 saturated carbocycles. The first-order valence-electron chi connectivity index (χ1n) is 7.14. The third-order valence-electron chi connectivity index (χ3n) is 4.26. The lowest BCUT2D eigenvalue weighted by atomic mass is 9.84. The highest BCUT2D eigenvalue weighted by atomic mass is 16.5. The molecule has 4 atom stereocenters. The predicted octanol–water partition coefficient (Wildman–Crippen LogP) is 3.47. The van der Waals surface area contributed by atoms with Crippen LogP contribution < -0.4 is 0 Å². The van der Waals surface area contributed by atoms with Crippen molar-refractivity contribution in [3.63, 3.8) is 0 Å². The zero-order valence-electron chi connectivity index (χ0n) is 11.4. The Hall–Kier alpha value is -1.22. The van der Waals surface area contributed by atoms with Crippen LogP contribution in [0.1, 0.15) is 38.5 Å². The van der Waals surface area contributed by atoms with E-state index in [1.54, 1.807) is 0 Å². The Morgan fingerprint density at radius 3 is 2.53 bits per heavy atom. The number of aliphatic hydroxyl groups excluding tert-OH is 2. The number of hydrogen-bond donors (Lipinski definition) is 2. The highest BCUT2D eigenvalue weighted by molar-refractivity contribution is 5.03. The van der Waals surface area contributed by atoms with Crippen LogP contribution in [0.4, 0.5) is 0 Å². The van der Waals surface area contributed by atoms with Crippen molar-refractivity contribution in [1.82, 2.24) is 0 Å². The summed E-state index contributed by atoms with van der Waals surface area (Å²) in [5.41, 5.74) is 0. The molecule has 0 spiro atoms. The highest BCUT2D eigenvalue weighted by Gasteiger charge is 2.33. The maximum atomic E-state index is 10.0. The molecule has 3 heteroatoms. The Morgan fingerprint density at radius 1 is 1.11 bits per heavy atom. The molecule has 0 heterocycles. The van der Waals surface area contributed by atoms with Crippen molar-refractivity contribution in [2.75, 3.05) is 0 Å². The minimum atomic E-state index is -0.466. The molecule has 0 aromatic carbocycles. The molecule has 0 radical (unpaired) electrons. The van der Waals surface area contributed by atoms with Crippen LogP contribution in [0.15, 0.2) is 36.8 Å². The molecule has 2 rings (SSSR count). The summed E-state index contributed by atoms with van der Waals surface area (Å²) in [5.74, 6) is 1.37. The lowest BCUT2D eigenvalue weighted by molar-refractivity contribution is -0.0505. The molecule has 0 amide bonds. The van der Waals surface area contributed by atoms with Crippen molar-refractivity contribution in [2.45, 2.75) is 50.7 Å². The van der Waals surface area contributed by atoms with Gasteiger partial charge < -0.3 is 14.9 Å². The molecule has 106 valence electrons. The fourth-order valence-electron chi connectivity index (χ4n) is 2.92. The van der Waals surface area contributed by atoms with Crippen molar-refractivity contribution < 1.29 is 14.9 Å². The van der Waals surface area contributed by atoms with Gasteiger partial charge in [-0.05, 0) is 38.5 Å². The number of allylic oxidation sites excluding steroid dienone is 4. The summed E-state index contributed by atoms with van der Waals surface area (Å²) in [6.07, 6.45) is 8.76. The average Bonchev–Trinajstić information content (AvgIpc) is 2.42. The molecule has 0 bridgehead atoms. The van der Waals surface area contributed by atoms with E-state index in [4.69, 9.17) is 4.74 Å². The van der Waals surface area contributed by atoms with E-state index in [2.05, 4.69) is 25.3 Å². The van der Waals surface area contributed by atoms with Crippen molar-refractivity contribution in [2.24, 2.45) is 11.8 Å². The SMILES string of the molecule is C=C(O)C1CCC(O)C(OC(=C)C2CC=CCC2)C1. The maximum Gasteiger partial charge on any atom is 0.125 e. The summed E-state index contributed by atoms with van der Waals surface area (Å²) in [7, 11) is 0. The van der Waals surface area contributed by atoms with Gasteiger partial charge in [0, 0.05) is 11.8 Å². The van der Waals surface area contributed by atoms with Gasteiger partial charge in [0.1, 0.15) is 6.10 Å². The standard InChI is InChI=1S/C16H24O3/c1-11(17)14-8-9-15(18)16(10-14)19-12(2)13-6-4-3-5-7-13/h3-4,13-18H,1-2,5-10H2. The summed E-state index contributed by atoms with van der Waals surface area (Å²) < 4.78 is 5.89. The summed E-state index contributed by atoms with van der Waals surface area (Å²) in [6, 6.07) is 0. The molecule has 0 aromatic heterocycles. The van der Waals surface area contributed by atoms with Gasteiger partial charge in [0.15, 0.2) is 0 Å². The maximum absolute atomic E-state index is 10.0. The van der Waals surface area contributed by atoms with Gasteiger partial charge in [-0.3, -0.25) is 0 Å². The third-order valence-corrected chi connectivity index (χ3v) is 4.26. The first kappa shape index (κ1) is 14.2. The molecule has 2 N–H and O–H groups in total. The Kier molecular flexibility index (Phi) is 4.70. The summed E-state index contributed by atoms with van der Waals surface area (Å²) in [6.45, 7) is 7.62. The van der Waals surface area contributed by atoms with Gasteiger partial charge in [-0.15, -0.1) is 0 Å². The average molecular weight is 264 g/mol. The first-order chi connectivity index (χ1) is 9.08. The second-order valence-electron chi connectivity index (χ2n) is 5.67. The van der Waals surface area contributed by atoms with Crippen molar-refractivity contribution in [3.8, 4) is 0 Å². The highest BCUT2D eigenvalue weighted by Crippen LogP contribution is 2.33. The minimum absolute atomic E-state index is 0.0347. The van der Waals surface area contributed by atoms with Gasteiger partial charge in [-0.25, -0.2) is 0 Å². The molecule has 0 aliphatic heterocycles. The predicted molar refractivity (Wildman–Crippen MR) is 75.6 cm³/mol. The van der Waals surface area contributed by atoms with Crippen LogP contribution in [0.5, 0.6) is 0 Å². The number of rotatable bonds is 4. The van der Waals surface area contributed by atoms with Gasteiger partial charge in [0.25, 0.3) is 0 Å². The normalized spacial score (nSPS) is 34.8. The zero-order chi connectivity index (χ0) is 13.8. The molecular formula is C16H24O3. The van der Waals surface area contributed by atoms with Crippen LogP contribution in [0.3, 0.4) is 0 Å². The Bertz CT molecular complexity index is 372. The van der Waals surface area contributed by atoms with E-state index in [9.17, 15) is 10.2 Å². The lowest BCUT2D eigenvalue weighted by Crippen LogP contribution is -2.36. The van der Waals surface area contributed by atoms with E-state index >= 15 is 0 Å². The number of ether oxygens (including phenoxy) is 1. The van der Waals surface area contributed by atoms with Crippen molar-refractivity contribution in [1.29, 1.82) is 0 Å². The number of aliphatic hydroxyl groups is 2. The van der Waals surface area contributed by atoms with Crippen molar-refractivity contribution >= 4 is 0 Å². The van der Waals surface area contributed by atoms with E-state index in [0.29, 0.717) is 18.8 Å². The summed E-state index contributed by atoms with van der Waals surface area (Å²) in [5, 5.41) is 19.5. The quantitative estimate of drug-likeness (QED) is 0.604. The largest absolute Gasteiger partial charge is 0.513 e. The van der Waals surface area contributed by atoms with Gasteiger partial charge >= 0.3 is 0 Å². The zero-order valence-corrected chi connectivity index (χ0v) is 11.4. The van der Waals surface area contributed by atoms with E-state index < -0.39 is 6.10 Å². The summed E-state index contributed by atoms with van der Waals surface area (Å²) in [4.78, 5) is 0. The van der Waals surface area contributed by atoms with Crippen LogP contribution in [-0.4, -0.2) is 22.4 Å². The van der Waals surface area contributed by atoms with Gasteiger partial charge in [0.05, 0.1) is 17.6 Å². The third kappa shape index (κ3) is 3.63. The fourth-order valence-corrected chi connectivity index (χ4v) is 2.92. The summed E-state index contributed by atoms with van der Waals surface area (Å²) >= 11 is 0. The van der Waals surface area contributed by atoms with E-state index in [0.717, 1.165) is 31.4 Å². The molecule has 3 nitrogen and oxygen atoms in total. The molecule has 2 aliphatic carbocycles. The van der Waals surface area contributed by atoms with Crippen LogP contribution in [-0.2, 0) is 4.74 Å². The fraction of sp³-hybridized carbons (Fsp3) is 0.625. The lowest BCUT2D eigenvalue weighted by Gasteiger charge is -2.35. The molecule has 1 fully saturated rings. The molecular weight excluding hydrogens is 240 g/mol. The Morgan fingerprint density at radius 2 is 1.89 bits per heavy atom. The molecule has 0 saturated heterocycles. The smallest absolute Gasteiger partial charge is 0.125 e. The Labute approximate surface area is 115 Å². The van der Waals surface area contributed by atoms with Gasteiger partial charge in [-0.2, -0.15) is 0 Å². The molecule has 19 heavy (non-hydrogen) atoms. The molecule has 0 aromatic rings. The van der Waals surface area contributed by atoms with Crippen LogP contribution in [0.25, 0.3) is 0 Å². The van der Waals surface area contributed by atoms with Gasteiger partial charge in [-0.1, -0.05) is 25.3 Å². The van der Waals surface area contributed by atoms with E-state index in [1.165, 1.54) is 0 Å². The second kappa shape index (κ2) is 6.29. The topological polar surface area (TPSA) is 49.7 Å². The van der Waals surface area contributed by atoms with Crippen molar-refractivity contribution in [3.05, 3.63) is 36.8 Å². The minimum Gasteiger partial charge on any atom is -0.513 e. The van der Waals surface area contributed by atoms with E-state index in [1.807, 2.05) is 0 Å². The second-order valence-corrected chi connectivity index (χ2v) is 5.67. The van der Waals surface area contributed by atoms with Crippen LogP contribution in [0, 0.1) is 11.8 Å². The first-order valence-corrected chi connectivity index (χ1v) is 7.14. The van der Waals surface area contributed by atoms with Gasteiger partial charge in [0.2, 0.25) is 0 Å². The van der Waals surface area contributed by atoms with Crippen LogP contribution >= 0.6 is 0 Å².